The van der Waals surface area contributed by atoms with Crippen molar-refractivity contribution < 1.29 is 9.53 Å². The average Bonchev–Trinajstić information content (AvgIpc) is 3.19. The van der Waals surface area contributed by atoms with Gasteiger partial charge in [0, 0.05) is 5.56 Å². The van der Waals surface area contributed by atoms with Gasteiger partial charge in [-0.2, -0.15) is 0 Å². The number of nitrogens with zero attached hydrogens (tertiary/aromatic N) is 2. The van der Waals surface area contributed by atoms with Crippen molar-refractivity contribution in [2.45, 2.75) is 13.0 Å². The maximum Gasteiger partial charge on any atom is 0.338 e. The van der Waals surface area contributed by atoms with Gasteiger partial charge in [-0.05, 0) is 24.1 Å². The number of aromatic nitrogens is 1. The quantitative estimate of drug-likeness (QED) is 0.419. The summed E-state index contributed by atoms with van der Waals surface area (Å²) in [7, 11) is 0. The van der Waals surface area contributed by atoms with Gasteiger partial charge in [0.05, 0.1) is 28.5 Å². The molecule has 0 aliphatic carbocycles. The predicted molar refractivity (Wildman–Crippen MR) is 134 cm³/mol. The highest BCUT2D eigenvalue weighted by atomic mass is 32.1. The zero-order valence-electron chi connectivity index (χ0n) is 18.5. The lowest BCUT2D eigenvalue weighted by atomic mass is 9.93. The van der Waals surface area contributed by atoms with Gasteiger partial charge in [0.1, 0.15) is 0 Å². The zero-order valence-corrected chi connectivity index (χ0v) is 19.4. The van der Waals surface area contributed by atoms with Crippen LogP contribution in [0.2, 0.25) is 0 Å². The Morgan fingerprint density at radius 1 is 0.971 bits per heavy atom. The normalized spacial score (nSPS) is 15.6. The lowest BCUT2D eigenvalue weighted by Crippen LogP contribution is -2.39. The van der Waals surface area contributed by atoms with Crippen molar-refractivity contribution in [1.29, 1.82) is 0 Å². The smallest absolute Gasteiger partial charge is 0.338 e. The molecule has 0 radical (unpaired) electrons. The third-order valence-electron chi connectivity index (χ3n) is 5.59. The summed E-state index contributed by atoms with van der Waals surface area (Å²) in [5.41, 5.74) is 3.25. The molecule has 0 N–H and O–H groups in total. The second-order valence-electron chi connectivity index (χ2n) is 7.75. The molecule has 0 saturated carbocycles. The largest absolute Gasteiger partial charge is 0.463 e. The maximum atomic E-state index is 13.7. The van der Waals surface area contributed by atoms with Crippen molar-refractivity contribution in [1.82, 2.24) is 4.57 Å². The molecule has 1 aliphatic heterocycles. The third-order valence-corrected chi connectivity index (χ3v) is 6.57. The number of hydrogen-bond donors (Lipinski definition) is 0. The van der Waals surface area contributed by atoms with Crippen LogP contribution in [0.5, 0.6) is 0 Å². The average molecular weight is 467 g/mol. The second-order valence-corrected chi connectivity index (χ2v) is 8.76. The lowest BCUT2D eigenvalue weighted by Gasteiger charge is -2.25. The fourth-order valence-corrected chi connectivity index (χ4v) is 5.09. The molecule has 1 aromatic heterocycles. The van der Waals surface area contributed by atoms with Crippen LogP contribution in [0.15, 0.2) is 106 Å². The van der Waals surface area contributed by atoms with Crippen molar-refractivity contribution in [2.75, 3.05) is 6.61 Å². The first-order valence-corrected chi connectivity index (χ1v) is 11.9. The molecule has 1 atom stereocenters. The number of benzene rings is 3. The number of rotatable bonds is 5. The van der Waals surface area contributed by atoms with Gasteiger partial charge in [-0.3, -0.25) is 9.36 Å². The molecular weight excluding hydrogens is 444 g/mol. The van der Waals surface area contributed by atoms with E-state index < -0.39 is 12.0 Å². The van der Waals surface area contributed by atoms with Crippen LogP contribution in [0.25, 0.3) is 11.8 Å². The molecule has 4 aromatic rings. The highest BCUT2D eigenvalue weighted by Gasteiger charge is 2.34. The fourth-order valence-electron chi connectivity index (χ4n) is 4.09. The molecule has 0 bridgehead atoms. The summed E-state index contributed by atoms with van der Waals surface area (Å²) in [5.74, 6) is -0.476. The molecule has 2 heterocycles. The maximum absolute atomic E-state index is 13.7. The van der Waals surface area contributed by atoms with Crippen molar-refractivity contribution in [3.8, 4) is 0 Å². The fraction of sp³-hybridized carbons (Fsp3) is 0.107. The summed E-state index contributed by atoms with van der Waals surface area (Å²) in [5, 5.41) is 0. The number of hydrogen-bond acceptors (Lipinski definition) is 5. The third kappa shape index (κ3) is 4.04. The minimum Gasteiger partial charge on any atom is -0.463 e. The Kier molecular flexibility index (Phi) is 6.06. The number of carbonyl (C=O) groups excluding carboxylic acids is 1. The summed E-state index contributed by atoms with van der Waals surface area (Å²) >= 11 is 1.32. The van der Waals surface area contributed by atoms with E-state index in [4.69, 9.17) is 9.73 Å². The summed E-state index contributed by atoms with van der Waals surface area (Å²) in [6.45, 7) is 2.00. The Bertz CT molecular complexity index is 1540. The Hall–Kier alpha value is -4.03. The summed E-state index contributed by atoms with van der Waals surface area (Å²) in [6, 6.07) is 28.2. The van der Waals surface area contributed by atoms with Crippen LogP contribution in [0, 0.1) is 0 Å². The minimum atomic E-state index is -0.648. The van der Waals surface area contributed by atoms with E-state index in [0.29, 0.717) is 20.6 Å². The van der Waals surface area contributed by atoms with Crippen LogP contribution < -0.4 is 14.9 Å². The molecule has 34 heavy (non-hydrogen) atoms. The zero-order chi connectivity index (χ0) is 23.5. The predicted octanol–water partition coefficient (Wildman–Crippen LogP) is 3.94. The van der Waals surface area contributed by atoms with Gasteiger partial charge in [-0.15, -0.1) is 0 Å². The van der Waals surface area contributed by atoms with Gasteiger partial charge in [0.25, 0.3) is 5.56 Å². The first kappa shape index (κ1) is 21.8. The van der Waals surface area contributed by atoms with Crippen LogP contribution in [0.4, 0.5) is 0 Å². The van der Waals surface area contributed by atoms with Crippen molar-refractivity contribution in [3.63, 3.8) is 0 Å². The molecule has 5 rings (SSSR count). The SMILES string of the molecule is CCOC(=O)C1=C(c2ccccc2)N=c2s/c(=C/c3ccccc3)c(=O)n2[C@H]1c1ccccc1. The van der Waals surface area contributed by atoms with E-state index in [9.17, 15) is 9.59 Å². The summed E-state index contributed by atoms with van der Waals surface area (Å²) < 4.78 is 7.64. The van der Waals surface area contributed by atoms with Gasteiger partial charge in [-0.25, -0.2) is 9.79 Å². The van der Waals surface area contributed by atoms with Crippen LogP contribution in [0.3, 0.4) is 0 Å². The van der Waals surface area contributed by atoms with Crippen LogP contribution in [-0.4, -0.2) is 17.1 Å². The van der Waals surface area contributed by atoms with Gasteiger partial charge in [-0.1, -0.05) is 102 Å². The number of esters is 1. The molecule has 0 fully saturated rings. The number of fused-ring (bicyclic) bond motifs is 1. The lowest BCUT2D eigenvalue weighted by molar-refractivity contribution is -0.138. The molecule has 0 spiro atoms. The van der Waals surface area contributed by atoms with Crippen molar-refractivity contribution in [3.05, 3.63) is 133 Å². The van der Waals surface area contributed by atoms with E-state index in [-0.39, 0.29) is 12.2 Å². The van der Waals surface area contributed by atoms with Gasteiger partial charge >= 0.3 is 5.97 Å². The number of ether oxygens (including phenoxy) is 1. The molecule has 0 amide bonds. The van der Waals surface area contributed by atoms with Crippen LogP contribution in [-0.2, 0) is 9.53 Å². The van der Waals surface area contributed by atoms with Crippen molar-refractivity contribution >= 4 is 29.1 Å². The Morgan fingerprint density at radius 2 is 1.59 bits per heavy atom. The topological polar surface area (TPSA) is 60.7 Å². The van der Waals surface area contributed by atoms with E-state index in [1.54, 1.807) is 11.5 Å². The first-order chi connectivity index (χ1) is 16.7. The Balaban J connectivity index is 1.84. The van der Waals surface area contributed by atoms with E-state index in [1.165, 1.54) is 11.3 Å². The standard InChI is InChI=1S/C28H22N2O3S/c1-2-33-27(32)23-24(20-14-8-4-9-15-20)29-28-30(25(23)21-16-10-5-11-17-21)26(31)22(34-28)18-19-12-6-3-7-13-19/h3-18,25H,2H2,1H3/b22-18+/t25-/m0/s1. The van der Waals surface area contributed by atoms with Crippen LogP contribution in [0.1, 0.15) is 29.7 Å². The molecule has 0 unspecified atom stereocenters. The number of thiazole rings is 1. The highest BCUT2D eigenvalue weighted by molar-refractivity contribution is 7.07. The van der Waals surface area contributed by atoms with Crippen LogP contribution >= 0.6 is 11.3 Å². The van der Waals surface area contributed by atoms with E-state index >= 15 is 0 Å². The summed E-state index contributed by atoms with van der Waals surface area (Å²) in [6.07, 6.45) is 1.86. The molecule has 1 aliphatic rings. The molecule has 6 heteroatoms. The molecular formula is C28H22N2O3S. The molecule has 168 valence electrons. The van der Waals surface area contributed by atoms with Crippen molar-refractivity contribution in [2.24, 2.45) is 4.99 Å². The highest BCUT2D eigenvalue weighted by Crippen LogP contribution is 2.34. The van der Waals surface area contributed by atoms with E-state index in [0.717, 1.165) is 16.7 Å². The van der Waals surface area contributed by atoms with Gasteiger partial charge in [0.15, 0.2) is 4.80 Å². The second kappa shape index (κ2) is 9.45. The minimum absolute atomic E-state index is 0.185. The molecule has 5 nitrogen and oxygen atoms in total. The summed E-state index contributed by atoms with van der Waals surface area (Å²) in [4.78, 5) is 32.4. The van der Waals surface area contributed by atoms with Gasteiger partial charge < -0.3 is 4.74 Å². The van der Waals surface area contributed by atoms with Gasteiger partial charge in [0.2, 0.25) is 0 Å². The molecule has 0 saturated heterocycles. The van der Waals surface area contributed by atoms with E-state index in [1.807, 2.05) is 97.1 Å². The Labute approximate surface area is 200 Å². The number of carbonyl (C=O) groups is 1. The first-order valence-electron chi connectivity index (χ1n) is 11.1. The molecule has 3 aromatic carbocycles. The monoisotopic (exact) mass is 466 g/mol. The Morgan fingerprint density at radius 3 is 2.24 bits per heavy atom. The van der Waals surface area contributed by atoms with E-state index in [2.05, 4.69) is 0 Å².